The number of amides is 3. The number of hydrogen-bond donors (Lipinski definition) is 2. The van der Waals surface area contributed by atoms with E-state index in [1.807, 2.05) is 12.1 Å². The summed E-state index contributed by atoms with van der Waals surface area (Å²) < 4.78 is 5.03. The third-order valence-electron chi connectivity index (χ3n) is 2.79. The zero-order valence-electron chi connectivity index (χ0n) is 14.7. The first-order valence-electron chi connectivity index (χ1n) is 7.77. The average molecular weight is 387 g/mol. The summed E-state index contributed by atoms with van der Waals surface area (Å²) in [5, 5.41) is 5.39. The molecule has 0 aromatic heterocycles. The third kappa shape index (κ3) is 9.36. The molecule has 6 nitrogen and oxygen atoms in total. The molecule has 1 aromatic carbocycles. The molecule has 2 N–H and O–H groups in total. The first-order chi connectivity index (χ1) is 11.6. The summed E-state index contributed by atoms with van der Waals surface area (Å²) in [7, 11) is 0. The van der Waals surface area contributed by atoms with Crippen LogP contribution in [0.2, 0.25) is 5.02 Å². The molecule has 138 valence electrons. The number of thioether (sulfide) groups is 1. The van der Waals surface area contributed by atoms with E-state index in [0.29, 0.717) is 10.8 Å². The molecule has 0 unspecified atom stereocenters. The van der Waals surface area contributed by atoms with Gasteiger partial charge in [-0.15, -0.1) is 11.8 Å². The molecular formula is C17H23ClN2O4S. The van der Waals surface area contributed by atoms with Crippen molar-refractivity contribution in [2.75, 3.05) is 5.75 Å². The van der Waals surface area contributed by atoms with E-state index in [4.69, 9.17) is 16.3 Å². The molecule has 0 aliphatic rings. The lowest BCUT2D eigenvalue weighted by Gasteiger charge is -2.21. The van der Waals surface area contributed by atoms with Crippen molar-refractivity contribution < 1.29 is 19.1 Å². The third-order valence-corrected chi connectivity index (χ3v) is 4.06. The van der Waals surface area contributed by atoms with Crippen LogP contribution in [0.3, 0.4) is 0 Å². The zero-order valence-corrected chi connectivity index (χ0v) is 16.3. The molecule has 1 atom stereocenters. The molecule has 8 heteroatoms. The van der Waals surface area contributed by atoms with Crippen LogP contribution in [-0.4, -0.2) is 35.3 Å². The SMILES string of the molecule is C[C@@H](OC(=O)CCSc1ccc(Cl)cc1)C(=O)NC(=O)NC(C)(C)C. The standard InChI is InChI=1S/C17H23ClN2O4S/c1-11(15(22)19-16(23)20-17(2,3)4)24-14(21)9-10-25-13-7-5-12(18)6-8-13/h5-8,11H,9-10H2,1-4H3,(H2,19,20,22,23)/t11-/m1/s1. The second-order valence-electron chi connectivity index (χ2n) is 6.38. The van der Waals surface area contributed by atoms with Crippen LogP contribution in [0.4, 0.5) is 4.79 Å². The van der Waals surface area contributed by atoms with E-state index < -0.39 is 29.6 Å². The van der Waals surface area contributed by atoms with Crippen molar-refractivity contribution in [2.45, 2.75) is 50.7 Å². The maximum absolute atomic E-state index is 11.8. The highest BCUT2D eigenvalue weighted by molar-refractivity contribution is 7.99. The molecule has 0 heterocycles. The molecule has 3 amide bonds. The van der Waals surface area contributed by atoms with E-state index in [1.165, 1.54) is 18.7 Å². The lowest BCUT2D eigenvalue weighted by atomic mass is 10.1. The van der Waals surface area contributed by atoms with Gasteiger partial charge in [-0.2, -0.15) is 0 Å². The van der Waals surface area contributed by atoms with Crippen LogP contribution in [0.25, 0.3) is 0 Å². The van der Waals surface area contributed by atoms with Gasteiger partial charge in [-0.25, -0.2) is 4.79 Å². The Balaban J connectivity index is 2.31. The van der Waals surface area contributed by atoms with Crippen LogP contribution in [0.15, 0.2) is 29.2 Å². The minimum Gasteiger partial charge on any atom is -0.453 e. The fourth-order valence-corrected chi connectivity index (χ4v) is 2.64. The molecule has 0 aliphatic heterocycles. The van der Waals surface area contributed by atoms with Gasteiger partial charge in [0.25, 0.3) is 5.91 Å². The number of rotatable bonds is 6. The molecule has 0 spiro atoms. The summed E-state index contributed by atoms with van der Waals surface area (Å²) in [6, 6.07) is 6.65. The van der Waals surface area contributed by atoms with Gasteiger partial charge in [0.2, 0.25) is 0 Å². The van der Waals surface area contributed by atoms with Crippen LogP contribution in [0.1, 0.15) is 34.1 Å². The molecule has 0 saturated heterocycles. The summed E-state index contributed by atoms with van der Waals surface area (Å²) in [6.07, 6.45) is -0.891. The Bertz CT molecular complexity index is 614. The Morgan fingerprint density at radius 3 is 2.36 bits per heavy atom. The van der Waals surface area contributed by atoms with Crippen LogP contribution >= 0.6 is 23.4 Å². The van der Waals surface area contributed by atoms with Gasteiger partial charge >= 0.3 is 12.0 Å². The van der Waals surface area contributed by atoms with Crippen molar-refractivity contribution in [1.82, 2.24) is 10.6 Å². The number of imide groups is 1. The first kappa shape index (κ1) is 21.3. The number of esters is 1. The average Bonchev–Trinajstić information content (AvgIpc) is 2.47. The highest BCUT2D eigenvalue weighted by atomic mass is 35.5. The van der Waals surface area contributed by atoms with Crippen LogP contribution < -0.4 is 10.6 Å². The molecule has 0 bridgehead atoms. The van der Waals surface area contributed by atoms with Crippen molar-refractivity contribution in [3.8, 4) is 0 Å². The topological polar surface area (TPSA) is 84.5 Å². The normalized spacial score (nSPS) is 12.2. The quantitative estimate of drug-likeness (QED) is 0.578. The van der Waals surface area contributed by atoms with Crippen molar-refractivity contribution >= 4 is 41.3 Å². The Labute approximate surface area is 157 Å². The number of ether oxygens (including phenoxy) is 1. The lowest BCUT2D eigenvalue weighted by Crippen LogP contribution is -2.50. The Kier molecular flexibility index (Phi) is 8.25. The summed E-state index contributed by atoms with van der Waals surface area (Å²) in [4.78, 5) is 36.2. The van der Waals surface area contributed by atoms with Gasteiger partial charge in [-0.05, 0) is 52.0 Å². The van der Waals surface area contributed by atoms with E-state index in [1.54, 1.807) is 32.9 Å². The minimum atomic E-state index is -1.04. The van der Waals surface area contributed by atoms with Crippen molar-refractivity contribution in [2.24, 2.45) is 0 Å². The van der Waals surface area contributed by atoms with E-state index in [2.05, 4.69) is 10.6 Å². The van der Waals surface area contributed by atoms with Gasteiger partial charge in [-0.1, -0.05) is 11.6 Å². The fourth-order valence-electron chi connectivity index (χ4n) is 1.68. The number of hydrogen-bond acceptors (Lipinski definition) is 5. The second kappa shape index (κ2) is 9.68. The van der Waals surface area contributed by atoms with Gasteiger partial charge in [0, 0.05) is 21.2 Å². The predicted molar refractivity (Wildman–Crippen MR) is 98.8 cm³/mol. The molecule has 0 aliphatic carbocycles. The Hall–Kier alpha value is -1.73. The van der Waals surface area contributed by atoms with Crippen LogP contribution in [0, 0.1) is 0 Å². The summed E-state index contributed by atoms with van der Waals surface area (Å²) in [5.74, 6) is -0.653. The van der Waals surface area contributed by atoms with Crippen LogP contribution in [-0.2, 0) is 14.3 Å². The smallest absolute Gasteiger partial charge is 0.321 e. The van der Waals surface area contributed by atoms with E-state index in [0.717, 1.165) is 4.90 Å². The highest BCUT2D eigenvalue weighted by Crippen LogP contribution is 2.21. The van der Waals surface area contributed by atoms with Gasteiger partial charge in [-0.3, -0.25) is 14.9 Å². The van der Waals surface area contributed by atoms with Gasteiger partial charge in [0.15, 0.2) is 6.10 Å². The lowest BCUT2D eigenvalue weighted by molar-refractivity contribution is -0.154. The zero-order chi connectivity index (χ0) is 19.0. The Morgan fingerprint density at radius 1 is 1.20 bits per heavy atom. The second-order valence-corrected chi connectivity index (χ2v) is 7.98. The minimum absolute atomic E-state index is 0.152. The number of carbonyl (C=O) groups excluding carboxylic acids is 3. The summed E-state index contributed by atoms with van der Waals surface area (Å²) in [6.45, 7) is 6.79. The van der Waals surface area contributed by atoms with Crippen molar-refractivity contribution in [3.05, 3.63) is 29.3 Å². The number of urea groups is 1. The molecule has 0 radical (unpaired) electrons. The molecule has 1 rings (SSSR count). The maximum Gasteiger partial charge on any atom is 0.321 e. The van der Waals surface area contributed by atoms with Gasteiger partial charge < -0.3 is 10.1 Å². The molecule has 0 fully saturated rings. The van der Waals surface area contributed by atoms with Gasteiger partial charge in [0.05, 0.1) is 6.42 Å². The van der Waals surface area contributed by atoms with E-state index >= 15 is 0 Å². The van der Waals surface area contributed by atoms with Gasteiger partial charge in [0.1, 0.15) is 0 Å². The highest BCUT2D eigenvalue weighted by Gasteiger charge is 2.21. The predicted octanol–water partition coefficient (Wildman–Crippen LogP) is 3.38. The van der Waals surface area contributed by atoms with E-state index in [9.17, 15) is 14.4 Å². The number of halogens is 1. The largest absolute Gasteiger partial charge is 0.453 e. The van der Waals surface area contributed by atoms with Crippen LogP contribution in [0.5, 0.6) is 0 Å². The number of benzene rings is 1. The van der Waals surface area contributed by atoms with E-state index in [-0.39, 0.29) is 6.42 Å². The molecule has 0 saturated carbocycles. The Morgan fingerprint density at radius 2 is 1.80 bits per heavy atom. The first-order valence-corrected chi connectivity index (χ1v) is 9.14. The number of nitrogens with one attached hydrogen (secondary N) is 2. The molecule has 25 heavy (non-hydrogen) atoms. The monoisotopic (exact) mass is 386 g/mol. The summed E-state index contributed by atoms with van der Waals surface area (Å²) >= 11 is 7.29. The summed E-state index contributed by atoms with van der Waals surface area (Å²) in [5.41, 5.74) is -0.469. The fraction of sp³-hybridized carbons (Fsp3) is 0.471. The molecule has 1 aromatic rings. The maximum atomic E-state index is 11.8. The van der Waals surface area contributed by atoms with Crippen molar-refractivity contribution in [1.29, 1.82) is 0 Å². The molecular weight excluding hydrogens is 364 g/mol. The number of carbonyl (C=O) groups is 3. The van der Waals surface area contributed by atoms with Crippen molar-refractivity contribution in [3.63, 3.8) is 0 Å².